The number of hydrogen-bond donors (Lipinski definition) is 3. The number of nitrogens with one attached hydrogen (secondary N) is 3. The molecule has 0 saturated heterocycles. The molecule has 0 atom stereocenters. The molecule has 9 nitrogen and oxygen atoms in total. The number of ether oxygens (including phenoxy) is 1. The van der Waals surface area contributed by atoms with Crippen molar-refractivity contribution in [3.63, 3.8) is 0 Å². The third-order valence-electron chi connectivity index (χ3n) is 5.32. The molecule has 0 aliphatic heterocycles. The average molecular weight is 532 g/mol. The highest BCUT2D eigenvalue weighted by Gasteiger charge is 2.21. The molecular weight excluding hydrogens is 502 g/mol. The Balaban J connectivity index is 1.81. The summed E-state index contributed by atoms with van der Waals surface area (Å²) in [7, 11) is -6.57. The highest BCUT2D eigenvalue weighted by atomic mass is 32.2. The van der Waals surface area contributed by atoms with Gasteiger partial charge in [-0.05, 0) is 93.4 Å². The molecule has 3 N–H and O–H groups in total. The molecule has 0 bridgehead atoms. The Bertz CT molecular complexity index is 1480. The van der Waals surface area contributed by atoms with E-state index in [-0.39, 0.29) is 32.8 Å². The number of carbonyl (C=O) groups is 1. The lowest BCUT2D eigenvalue weighted by atomic mass is 10.1. The standard InChI is InChI=1S/C25H29N3O6S2/c1-16(2)26-25(29)23-15-22(12-13-24(23)34-5)36(32,33)27-19-8-10-21(11-9-19)35(30,31)28-20-7-6-17(3)18(4)14-20/h6-16,27-28H,1-5H3,(H,26,29). The fraction of sp³-hybridized carbons (Fsp3) is 0.240. The van der Waals surface area contributed by atoms with Crippen molar-refractivity contribution in [2.75, 3.05) is 16.6 Å². The first-order valence-electron chi connectivity index (χ1n) is 11.0. The summed E-state index contributed by atoms with van der Waals surface area (Å²) in [5.41, 5.74) is 2.65. The average Bonchev–Trinajstić information content (AvgIpc) is 2.80. The van der Waals surface area contributed by atoms with Crippen LogP contribution in [-0.4, -0.2) is 35.9 Å². The highest BCUT2D eigenvalue weighted by Crippen LogP contribution is 2.25. The zero-order valence-electron chi connectivity index (χ0n) is 20.6. The van der Waals surface area contributed by atoms with Crippen LogP contribution in [0.3, 0.4) is 0 Å². The lowest BCUT2D eigenvalue weighted by Gasteiger charge is -2.14. The fourth-order valence-electron chi connectivity index (χ4n) is 3.31. The molecule has 0 fully saturated rings. The van der Waals surface area contributed by atoms with E-state index < -0.39 is 26.0 Å². The maximum atomic E-state index is 13.0. The van der Waals surface area contributed by atoms with Crippen molar-refractivity contribution in [2.24, 2.45) is 0 Å². The molecular formula is C25H29N3O6S2. The maximum absolute atomic E-state index is 13.0. The number of sulfonamides is 2. The summed E-state index contributed by atoms with van der Waals surface area (Å²) in [6.07, 6.45) is 0. The van der Waals surface area contributed by atoms with E-state index in [2.05, 4.69) is 14.8 Å². The minimum absolute atomic E-state index is 0.0271. The van der Waals surface area contributed by atoms with Crippen molar-refractivity contribution in [1.82, 2.24) is 5.32 Å². The molecule has 0 unspecified atom stereocenters. The predicted octanol–water partition coefficient (Wildman–Crippen LogP) is 4.05. The van der Waals surface area contributed by atoms with Gasteiger partial charge in [-0.25, -0.2) is 16.8 Å². The number of aryl methyl sites for hydroxylation is 2. The second-order valence-electron chi connectivity index (χ2n) is 8.52. The van der Waals surface area contributed by atoms with Gasteiger partial charge in [-0.2, -0.15) is 0 Å². The number of benzene rings is 3. The molecule has 3 rings (SSSR count). The zero-order valence-corrected chi connectivity index (χ0v) is 22.2. The van der Waals surface area contributed by atoms with Crippen molar-refractivity contribution < 1.29 is 26.4 Å². The second-order valence-corrected chi connectivity index (χ2v) is 11.9. The first-order valence-corrected chi connectivity index (χ1v) is 14.0. The Morgan fingerprint density at radius 3 is 1.89 bits per heavy atom. The van der Waals surface area contributed by atoms with Gasteiger partial charge >= 0.3 is 0 Å². The van der Waals surface area contributed by atoms with Gasteiger partial charge in [-0.3, -0.25) is 14.2 Å². The molecule has 0 heterocycles. The third-order valence-corrected chi connectivity index (χ3v) is 8.10. The number of methoxy groups -OCH3 is 1. The van der Waals surface area contributed by atoms with E-state index in [1.807, 2.05) is 19.9 Å². The lowest BCUT2D eigenvalue weighted by molar-refractivity contribution is 0.0940. The minimum Gasteiger partial charge on any atom is -0.496 e. The molecule has 0 spiro atoms. The van der Waals surface area contributed by atoms with Gasteiger partial charge in [0.2, 0.25) is 0 Å². The molecule has 0 radical (unpaired) electrons. The summed E-state index contributed by atoms with van der Waals surface area (Å²) in [4.78, 5) is 12.3. The Labute approximate surface area is 212 Å². The molecule has 0 aliphatic carbocycles. The van der Waals surface area contributed by atoms with Crippen LogP contribution in [0.1, 0.15) is 35.3 Å². The van der Waals surface area contributed by atoms with Crippen molar-refractivity contribution in [3.8, 4) is 5.75 Å². The molecule has 11 heteroatoms. The number of anilines is 2. The van der Waals surface area contributed by atoms with Gasteiger partial charge in [-0.1, -0.05) is 6.07 Å². The Kier molecular flexibility index (Phi) is 7.95. The van der Waals surface area contributed by atoms with E-state index >= 15 is 0 Å². The molecule has 192 valence electrons. The van der Waals surface area contributed by atoms with Crippen LogP contribution in [0.5, 0.6) is 5.75 Å². The van der Waals surface area contributed by atoms with E-state index in [1.54, 1.807) is 26.0 Å². The molecule has 1 amide bonds. The lowest BCUT2D eigenvalue weighted by Crippen LogP contribution is -2.30. The van der Waals surface area contributed by atoms with Crippen LogP contribution in [-0.2, 0) is 20.0 Å². The summed E-state index contributed by atoms with van der Waals surface area (Å²) < 4.78 is 61.6. The van der Waals surface area contributed by atoms with E-state index in [0.29, 0.717) is 5.69 Å². The summed E-state index contributed by atoms with van der Waals surface area (Å²) in [6, 6.07) is 14.3. The van der Waals surface area contributed by atoms with Crippen LogP contribution in [0, 0.1) is 13.8 Å². The maximum Gasteiger partial charge on any atom is 0.261 e. The molecule has 3 aromatic carbocycles. The summed E-state index contributed by atoms with van der Waals surface area (Å²) in [6.45, 7) is 7.39. The smallest absolute Gasteiger partial charge is 0.261 e. The number of hydrogen-bond acceptors (Lipinski definition) is 6. The van der Waals surface area contributed by atoms with Crippen molar-refractivity contribution in [1.29, 1.82) is 0 Å². The summed E-state index contributed by atoms with van der Waals surface area (Å²) >= 11 is 0. The van der Waals surface area contributed by atoms with Gasteiger partial charge in [-0.15, -0.1) is 0 Å². The Morgan fingerprint density at radius 1 is 0.750 bits per heavy atom. The highest BCUT2D eigenvalue weighted by molar-refractivity contribution is 7.93. The van der Waals surface area contributed by atoms with E-state index in [1.165, 1.54) is 49.6 Å². The van der Waals surface area contributed by atoms with E-state index in [4.69, 9.17) is 4.74 Å². The molecule has 0 saturated carbocycles. The number of carbonyl (C=O) groups excluding carboxylic acids is 1. The van der Waals surface area contributed by atoms with Crippen LogP contribution < -0.4 is 19.5 Å². The van der Waals surface area contributed by atoms with Crippen LogP contribution in [0.25, 0.3) is 0 Å². The van der Waals surface area contributed by atoms with Crippen LogP contribution in [0.4, 0.5) is 11.4 Å². The minimum atomic E-state index is -4.08. The van der Waals surface area contributed by atoms with Gasteiger partial charge in [0.05, 0.1) is 22.5 Å². The normalized spacial score (nSPS) is 11.7. The second kappa shape index (κ2) is 10.6. The van der Waals surface area contributed by atoms with Gasteiger partial charge in [0.25, 0.3) is 26.0 Å². The van der Waals surface area contributed by atoms with Gasteiger partial charge < -0.3 is 10.1 Å². The largest absolute Gasteiger partial charge is 0.496 e. The quantitative estimate of drug-likeness (QED) is 0.382. The van der Waals surface area contributed by atoms with Gasteiger partial charge in [0, 0.05) is 17.4 Å². The number of amides is 1. The SMILES string of the molecule is COc1ccc(S(=O)(=O)Nc2ccc(S(=O)(=O)Nc3ccc(C)c(C)c3)cc2)cc1C(=O)NC(C)C. The molecule has 0 aliphatic rings. The molecule has 36 heavy (non-hydrogen) atoms. The van der Waals surface area contributed by atoms with Crippen molar-refractivity contribution >= 4 is 37.3 Å². The number of rotatable bonds is 9. The van der Waals surface area contributed by atoms with Crippen LogP contribution in [0.2, 0.25) is 0 Å². The zero-order chi connectivity index (χ0) is 26.7. The first-order chi connectivity index (χ1) is 16.8. The Morgan fingerprint density at radius 2 is 1.31 bits per heavy atom. The van der Waals surface area contributed by atoms with Crippen LogP contribution >= 0.6 is 0 Å². The fourth-order valence-corrected chi connectivity index (χ4v) is 5.44. The van der Waals surface area contributed by atoms with Crippen molar-refractivity contribution in [2.45, 2.75) is 43.5 Å². The molecule has 3 aromatic rings. The third kappa shape index (κ3) is 6.35. The first kappa shape index (κ1) is 27.0. The van der Waals surface area contributed by atoms with Gasteiger partial charge in [0.15, 0.2) is 0 Å². The van der Waals surface area contributed by atoms with Gasteiger partial charge in [0.1, 0.15) is 5.75 Å². The van der Waals surface area contributed by atoms with E-state index in [0.717, 1.165) is 11.1 Å². The van der Waals surface area contributed by atoms with Crippen LogP contribution in [0.15, 0.2) is 70.5 Å². The monoisotopic (exact) mass is 531 g/mol. The van der Waals surface area contributed by atoms with Crippen molar-refractivity contribution in [3.05, 3.63) is 77.4 Å². The predicted molar refractivity (Wildman–Crippen MR) is 140 cm³/mol. The van der Waals surface area contributed by atoms with E-state index in [9.17, 15) is 21.6 Å². The molecule has 0 aromatic heterocycles. The summed E-state index contributed by atoms with van der Waals surface area (Å²) in [5, 5.41) is 2.71. The Hall–Kier alpha value is -3.57. The summed E-state index contributed by atoms with van der Waals surface area (Å²) in [5.74, 6) is -0.234. The topological polar surface area (TPSA) is 131 Å².